The van der Waals surface area contributed by atoms with Gasteiger partial charge in [0, 0.05) is 11.7 Å². The Morgan fingerprint density at radius 2 is 1.94 bits per heavy atom. The molecule has 0 aliphatic heterocycles. The summed E-state index contributed by atoms with van der Waals surface area (Å²) in [5, 5.41) is 12.2. The summed E-state index contributed by atoms with van der Waals surface area (Å²) in [6.45, 7) is 0.768. The molecule has 0 saturated heterocycles. The Labute approximate surface area is 109 Å². The molecule has 1 aliphatic rings. The van der Waals surface area contributed by atoms with E-state index in [9.17, 15) is 0 Å². The minimum Gasteiger partial charge on any atom is -0.382 e. The van der Waals surface area contributed by atoms with Crippen LogP contribution in [0, 0.1) is 17.2 Å². The van der Waals surface area contributed by atoms with Gasteiger partial charge in [-0.25, -0.2) is 0 Å². The van der Waals surface area contributed by atoms with Crippen LogP contribution in [0.5, 0.6) is 0 Å². The van der Waals surface area contributed by atoms with E-state index in [1.54, 1.807) is 0 Å². The summed E-state index contributed by atoms with van der Waals surface area (Å²) >= 11 is 0. The summed E-state index contributed by atoms with van der Waals surface area (Å²) in [6, 6.07) is 10.8. The quantitative estimate of drug-likeness (QED) is 0.854. The van der Waals surface area contributed by atoms with E-state index in [1.807, 2.05) is 12.1 Å². The standard InChI is InChI=1S/C15H21N3/c16-10-9-12-5-7-14(8-6-12)18-15-4-2-1-3-13(15)11-17/h5-8,13,15,18H,1-4,9,11,17H2. The van der Waals surface area contributed by atoms with Gasteiger partial charge >= 0.3 is 0 Å². The molecule has 0 aromatic heterocycles. The summed E-state index contributed by atoms with van der Waals surface area (Å²) in [5.41, 5.74) is 8.05. The van der Waals surface area contributed by atoms with Crippen LogP contribution in [-0.4, -0.2) is 12.6 Å². The fraction of sp³-hybridized carbons (Fsp3) is 0.533. The van der Waals surface area contributed by atoms with Gasteiger partial charge in [-0.1, -0.05) is 25.0 Å². The van der Waals surface area contributed by atoms with Gasteiger partial charge in [-0.15, -0.1) is 0 Å². The van der Waals surface area contributed by atoms with Crippen molar-refractivity contribution >= 4 is 5.69 Å². The monoisotopic (exact) mass is 243 g/mol. The van der Waals surface area contributed by atoms with Crippen LogP contribution >= 0.6 is 0 Å². The van der Waals surface area contributed by atoms with Crippen molar-refractivity contribution in [1.29, 1.82) is 5.26 Å². The van der Waals surface area contributed by atoms with Crippen LogP contribution in [0.3, 0.4) is 0 Å². The molecule has 18 heavy (non-hydrogen) atoms. The molecule has 0 amide bonds. The van der Waals surface area contributed by atoms with E-state index in [4.69, 9.17) is 11.0 Å². The lowest BCUT2D eigenvalue weighted by Gasteiger charge is -2.32. The van der Waals surface area contributed by atoms with Crippen molar-refractivity contribution in [3.63, 3.8) is 0 Å². The SMILES string of the molecule is N#CCc1ccc(NC2CCCCC2CN)cc1. The number of nitriles is 1. The van der Waals surface area contributed by atoms with Crippen molar-refractivity contribution in [3.05, 3.63) is 29.8 Å². The zero-order valence-corrected chi connectivity index (χ0v) is 10.7. The minimum absolute atomic E-state index is 0.481. The van der Waals surface area contributed by atoms with Gasteiger partial charge in [0.1, 0.15) is 0 Å². The molecule has 3 heteroatoms. The zero-order chi connectivity index (χ0) is 12.8. The molecule has 3 N–H and O–H groups in total. The first-order valence-corrected chi connectivity index (χ1v) is 6.76. The molecule has 0 spiro atoms. The number of nitrogens with one attached hydrogen (secondary N) is 1. The van der Waals surface area contributed by atoms with E-state index in [2.05, 4.69) is 23.5 Å². The fourth-order valence-electron chi connectivity index (χ4n) is 2.70. The number of nitrogens with two attached hydrogens (primary N) is 1. The van der Waals surface area contributed by atoms with E-state index in [0.29, 0.717) is 18.4 Å². The molecule has 2 rings (SSSR count). The summed E-state index contributed by atoms with van der Waals surface area (Å²) in [5.74, 6) is 0.595. The smallest absolute Gasteiger partial charge is 0.0669 e. The number of hydrogen-bond acceptors (Lipinski definition) is 3. The van der Waals surface area contributed by atoms with Crippen LogP contribution < -0.4 is 11.1 Å². The average molecular weight is 243 g/mol. The summed E-state index contributed by atoms with van der Waals surface area (Å²) < 4.78 is 0. The average Bonchev–Trinajstić information content (AvgIpc) is 2.42. The normalized spacial score (nSPS) is 23.3. The van der Waals surface area contributed by atoms with Gasteiger partial charge in [0.05, 0.1) is 12.5 Å². The lowest BCUT2D eigenvalue weighted by atomic mass is 9.84. The van der Waals surface area contributed by atoms with Gasteiger partial charge < -0.3 is 11.1 Å². The van der Waals surface area contributed by atoms with E-state index in [1.165, 1.54) is 25.7 Å². The van der Waals surface area contributed by atoms with Gasteiger partial charge in [0.15, 0.2) is 0 Å². The third kappa shape index (κ3) is 3.24. The van der Waals surface area contributed by atoms with Crippen LogP contribution in [0.15, 0.2) is 24.3 Å². The van der Waals surface area contributed by atoms with E-state index < -0.39 is 0 Å². The molecule has 2 atom stereocenters. The van der Waals surface area contributed by atoms with Crippen LogP contribution in [-0.2, 0) is 6.42 Å². The Bertz CT molecular complexity index is 405. The summed E-state index contributed by atoms with van der Waals surface area (Å²) in [6.07, 6.45) is 5.53. The second-order valence-corrected chi connectivity index (χ2v) is 5.06. The maximum absolute atomic E-state index is 8.64. The second-order valence-electron chi connectivity index (χ2n) is 5.06. The van der Waals surface area contributed by atoms with Crippen LogP contribution in [0.4, 0.5) is 5.69 Å². The first-order valence-electron chi connectivity index (χ1n) is 6.76. The van der Waals surface area contributed by atoms with Gasteiger partial charge in [0.2, 0.25) is 0 Å². The van der Waals surface area contributed by atoms with E-state index in [0.717, 1.165) is 17.8 Å². The molecule has 1 aromatic carbocycles. The molecule has 1 saturated carbocycles. The largest absolute Gasteiger partial charge is 0.382 e. The highest BCUT2D eigenvalue weighted by Crippen LogP contribution is 2.26. The van der Waals surface area contributed by atoms with Crippen molar-refractivity contribution in [3.8, 4) is 6.07 Å². The zero-order valence-electron chi connectivity index (χ0n) is 10.7. The predicted octanol–water partition coefficient (Wildman–Crippen LogP) is 2.68. The fourth-order valence-corrected chi connectivity index (χ4v) is 2.70. The van der Waals surface area contributed by atoms with Gasteiger partial charge in [0.25, 0.3) is 0 Å². The lowest BCUT2D eigenvalue weighted by Crippen LogP contribution is -2.36. The Morgan fingerprint density at radius 3 is 2.61 bits per heavy atom. The van der Waals surface area contributed by atoms with Crippen LogP contribution in [0.2, 0.25) is 0 Å². The molecule has 0 heterocycles. The van der Waals surface area contributed by atoms with E-state index >= 15 is 0 Å². The maximum atomic E-state index is 8.64. The topological polar surface area (TPSA) is 61.8 Å². The van der Waals surface area contributed by atoms with Crippen molar-refractivity contribution in [2.45, 2.75) is 38.1 Å². The van der Waals surface area contributed by atoms with Crippen molar-refractivity contribution in [2.24, 2.45) is 11.7 Å². The first kappa shape index (κ1) is 12.9. The van der Waals surface area contributed by atoms with Crippen molar-refractivity contribution < 1.29 is 0 Å². The van der Waals surface area contributed by atoms with Gasteiger partial charge in [-0.05, 0) is 43.0 Å². The summed E-state index contributed by atoms with van der Waals surface area (Å²) in [4.78, 5) is 0. The molecular formula is C15H21N3. The van der Waals surface area contributed by atoms with Crippen molar-refractivity contribution in [1.82, 2.24) is 0 Å². The third-order valence-corrected chi connectivity index (χ3v) is 3.80. The molecule has 3 nitrogen and oxygen atoms in total. The maximum Gasteiger partial charge on any atom is 0.0669 e. The number of nitrogens with zero attached hydrogens (tertiary/aromatic N) is 1. The molecule has 96 valence electrons. The number of rotatable bonds is 4. The number of benzene rings is 1. The van der Waals surface area contributed by atoms with Crippen LogP contribution in [0.1, 0.15) is 31.2 Å². The lowest BCUT2D eigenvalue weighted by molar-refractivity contribution is 0.332. The second kappa shape index (κ2) is 6.42. The van der Waals surface area contributed by atoms with Gasteiger partial charge in [-0.2, -0.15) is 5.26 Å². The number of hydrogen-bond donors (Lipinski definition) is 2. The van der Waals surface area contributed by atoms with E-state index in [-0.39, 0.29) is 0 Å². The highest BCUT2D eigenvalue weighted by atomic mass is 14.9. The Kier molecular flexibility index (Phi) is 4.60. The minimum atomic E-state index is 0.481. The Morgan fingerprint density at radius 1 is 1.22 bits per heavy atom. The Balaban J connectivity index is 1.97. The third-order valence-electron chi connectivity index (χ3n) is 3.80. The number of anilines is 1. The predicted molar refractivity (Wildman–Crippen MR) is 74.2 cm³/mol. The molecule has 0 bridgehead atoms. The molecule has 1 aromatic rings. The molecule has 1 aliphatic carbocycles. The molecule has 1 fully saturated rings. The molecular weight excluding hydrogens is 222 g/mol. The highest BCUT2D eigenvalue weighted by molar-refractivity contribution is 5.46. The molecule has 0 radical (unpaired) electrons. The first-order chi connectivity index (χ1) is 8.83. The Hall–Kier alpha value is -1.53. The molecule has 2 unspecified atom stereocenters. The summed E-state index contributed by atoms with van der Waals surface area (Å²) in [7, 11) is 0. The van der Waals surface area contributed by atoms with Crippen molar-refractivity contribution in [2.75, 3.05) is 11.9 Å². The van der Waals surface area contributed by atoms with Gasteiger partial charge in [-0.3, -0.25) is 0 Å². The van der Waals surface area contributed by atoms with Crippen LogP contribution in [0.25, 0.3) is 0 Å². The highest BCUT2D eigenvalue weighted by Gasteiger charge is 2.23.